The van der Waals surface area contributed by atoms with Gasteiger partial charge in [-0.2, -0.15) is 0 Å². The Kier molecular flexibility index (Phi) is 7.59. The summed E-state index contributed by atoms with van der Waals surface area (Å²) >= 11 is 0. The van der Waals surface area contributed by atoms with Crippen LogP contribution in [0.2, 0.25) is 0 Å². The number of furan rings is 1. The topological polar surface area (TPSA) is 65.8 Å². The fourth-order valence-electron chi connectivity index (χ4n) is 3.71. The van der Waals surface area contributed by atoms with Crippen molar-refractivity contribution >= 4 is 23.2 Å². The van der Waals surface area contributed by atoms with Crippen molar-refractivity contribution in [1.82, 2.24) is 4.90 Å². The number of nitrogens with one attached hydrogen (secondary N) is 1. The smallest absolute Gasteiger partial charge is 0.291 e. The van der Waals surface area contributed by atoms with Crippen LogP contribution in [0.4, 0.5) is 11.4 Å². The maximum atomic E-state index is 13.6. The standard InChI is InChI=1S/C27H33N3O3/c1-18(2)20(4)30(27(32)21-10-7-9-19(3)15-21)17-22-16-23(12-13-24(22)29(5)6)28-26(31)25-11-8-14-33-25/h7-16,18,20H,17H2,1-6H3,(H,28,31)/t20-/m1/s1. The van der Waals surface area contributed by atoms with Crippen molar-refractivity contribution in [3.63, 3.8) is 0 Å². The SMILES string of the molecule is Cc1cccc(C(=O)N(Cc2cc(NC(=O)c3ccco3)ccc2N(C)C)[C@H](C)C(C)C)c1. The Morgan fingerprint density at radius 1 is 1.00 bits per heavy atom. The maximum absolute atomic E-state index is 13.6. The third-order valence-electron chi connectivity index (χ3n) is 5.89. The van der Waals surface area contributed by atoms with Gasteiger partial charge in [0, 0.05) is 43.6 Å². The number of carbonyl (C=O) groups is 2. The van der Waals surface area contributed by atoms with Crippen LogP contribution in [0.3, 0.4) is 0 Å². The lowest BCUT2D eigenvalue weighted by molar-refractivity contribution is 0.0628. The van der Waals surface area contributed by atoms with Gasteiger partial charge >= 0.3 is 0 Å². The van der Waals surface area contributed by atoms with E-state index in [9.17, 15) is 9.59 Å². The van der Waals surface area contributed by atoms with Crippen LogP contribution in [0, 0.1) is 12.8 Å². The van der Waals surface area contributed by atoms with E-state index in [4.69, 9.17) is 4.42 Å². The summed E-state index contributed by atoms with van der Waals surface area (Å²) in [7, 11) is 3.94. The molecule has 33 heavy (non-hydrogen) atoms. The Bertz CT molecular complexity index is 1100. The average molecular weight is 448 g/mol. The van der Waals surface area contributed by atoms with E-state index in [1.807, 2.05) is 73.3 Å². The zero-order chi connectivity index (χ0) is 24.1. The van der Waals surface area contributed by atoms with Gasteiger partial charge in [-0.05, 0) is 67.8 Å². The highest BCUT2D eigenvalue weighted by Gasteiger charge is 2.25. The first kappa shape index (κ1) is 24.1. The molecule has 3 aromatic rings. The van der Waals surface area contributed by atoms with E-state index >= 15 is 0 Å². The molecule has 0 bridgehead atoms. The molecular weight excluding hydrogens is 414 g/mol. The van der Waals surface area contributed by atoms with Crippen molar-refractivity contribution in [2.45, 2.75) is 40.3 Å². The number of aryl methyl sites for hydroxylation is 1. The molecule has 0 fully saturated rings. The molecule has 0 aliphatic rings. The molecule has 174 valence electrons. The fraction of sp³-hybridized carbons (Fsp3) is 0.333. The van der Waals surface area contributed by atoms with Crippen LogP contribution in [0.15, 0.2) is 65.3 Å². The molecule has 6 nitrogen and oxygen atoms in total. The molecule has 0 saturated carbocycles. The lowest BCUT2D eigenvalue weighted by Crippen LogP contribution is -2.41. The molecule has 1 aromatic heterocycles. The van der Waals surface area contributed by atoms with E-state index < -0.39 is 0 Å². The quantitative estimate of drug-likeness (QED) is 0.489. The molecule has 0 aliphatic carbocycles. The van der Waals surface area contributed by atoms with Gasteiger partial charge in [-0.25, -0.2) is 0 Å². The predicted molar refractivity (Wildman–Crippen MR) is 133 cm³/mol. The molecule has 2 aromatic carbocycles. The van der Waals surface area contributed by atoms with Crippen LogP contribution >= 0.6 is 0 Å². The van der Waals surface area contributed by atoms with Crippen molar-refractivity contribution < 1.29 is 14.0 Å². The summed E-state index contributed by atoms with van der Waals surface area (Å²) in [6, 6.07) is 16.8. The van der Waals surface area contributed by atoms with E-state index in [0.29, 0.717) is 17.8 Å². The molecule has 2 amide bonds. The molecule has 0 radical (unpaired) electrons. The Morgan fingerprint density at radius 3 is 2.36 bits per heavy atom. The second-order valence-electron chi connectivity index (χ2n) is 8.96. The van der Waals surface area contributed by atoms with Crippen molar-refractivity contribution in [3.05, 3.63) is 83.3 Å². The van der Waals surface area contributed by atoms with Gasteiger partial charge in [0.2, 0.25) is 0 Å². The molecule has 1 heterocycles. The summed E-state index contributed by atoms with van der Waals surface area (Å²) in [5.41, 5.74) is 4.32. The summed E-state index contributed by atoms with van der Waals surface area (Å²) < 4.78 is 5.20. The van der Waals surface area contributed by atoms with E-state index in [2.05, 4.69) is 26.1 Å². The number of hydrogen-bond donors (Lipinski definition) is 1. The molecule has 3 rings (SSSR count). The van der Waals surface area contributed by atoms with Crippen LogP contribution < -0.4 is 10.2 Å². The second-order valence-corrected chi connectivity index (χ2v) is 8.96. The van der Waals surface area contributed by atoms with Gasteiger partial charge in [0.1, 0.15) is 0 Å². The minimum Gasteiger partial charge on any atom is -0.459 e. The fourth-order valence-corrected chi connectivity index (χ4v) is 3.71. The molecule has 0 unspecified atom stereocenters. The monoisotopic (exact) mass is 447 g/mol. The van der Waals surface area contributed by atoms with E-state index in [1.54, 1.807) is 12.1 Å². The Balaban J connectivity index is 1.96. The van der Waals surface area contributed by atoms with Crippen LogP contribution in [0.25, 0.3) is 0 Å². The van der Waals surface area contributed by atoms with Crippen molar-refractivity contribution in [2.24, 2.45) is 5.92 Å². The molecule has 0 saturated heterocycles. The van der Waals surface area contributed by atoms with E-state index in [-0.39, 0.29) is 29.5 Å². The Hall–Kier alpha value is -3.54. The largest absolute Gasteiger partial charge is 0.459 e. The number of carbonyl (C=O) groups excluding carboxylic acids is 2. The zero-order valence-corrected chi connectivity index (χ0v) is 20.3. The van der Waals surface area contributed by atoms with Crippen LogP contribution in [-0.2, 0) is 6.54 Å². The van der Waals surface area contributed by atoms with Gasteiger partial charge in [-0.15, -0.1) is 0 Å². The van der Waals surface area contributed by atoms with Crippen LogP contribution in [0.1, 0.15) is 52.8 Å². The summed E-state index contributed by atoms with van der Waals surface area (Å²) in [6.07, 6.45) is 1.47. The maximum Gasteiger partial charge on any atom is 0.291 e. The van der Waals surface area contributed by atoms with E-state index in [1.165, 1.54) is 6.26 Å². The Morgan fingerprint density at radius 2 is 1.76 bits per heavy atom. The third-order valence-corrected chi connectivity index (χ3v) is 5.89. The van der Waals surface area contributed by atoms with Gasteiger partial charge in [0.15, 0.2) is 5.76 Å². The average Bonchev–Trinajstić information content (AvgIpc) is 3.31. The van der Waals surface area contributed by atoms with Crippen molar-refractivity contribution in [3.8, 4) is 0 Å². The van der Waals surface area contributed by atoms with Gasteiger partial charge in [0.25, 0.3) is 11.8 Å². The number of hydrogen-bond acceptors (Lipinski definition) is 4. The summed E-state index contributed by atoms with van der Waals surface area (Å²) in [4.78, 5) is 30.0. The zero-order valence-electron chi connectivity index (χ0n) is 20.3. The number of benzene rings is 2. The molecule has 1 atom stereocenters. The lowest BCUT2D eigenvalue weighted by atomic mass is 10.0. The number of nitrogens with zero attached hydrogens (tertiary/aromatic N) is 2. The summed E-state index contributed by atoms with van der Waals surface area (Å²) in [6.45, 7) is 8.73. The summed E-state index contributed by atoms with van der Waals surface area (Å²) in [5.74, 6) is 0.211. The normalized spacial score (nSPS) is 11.8. The first-order chi connectivity index (χ1) is 15.7. The predicted octanol–water partition coefficient (Wildman–Crippen LogP) is 5.59. The van der Waals surface area contributed by atoms with Gasteiger partial charge < -0.3 is 19.5 Å². The number of amides is 2. The number of rotatable bonds is 8. The molecule has 1 N–H and O–H groups in total. The highest BCUT2D eigenvalue weighted by Crippen LogP contribution is 2.27. The first-order valence-electron chi connectivity index (χ1n) is 11.2. The Labute approximate surface area is 196 Å². The molecule has 0 aliphatic heterocycles. The minimum atomic E-state index is -0.313. The van der Waals surface area contributed by atoms with Gasteiger partial charge in [0.05, 0.1) is 6.26 Å². The number of anilines is 2. The minimum absolute atomic E-state index is 0.00497. The highest BCUT2D eigenvalue weighted by molar-refractivity contribution is 6.02. The lowest BCUT2D eigenvalue weighted by Gasteiger charge is -2.33. The highest BCUT2D eigenvalue weighted by atomic mass is 16.3. The van der Waals surface area contributed by atoms with E-state index in [0.717, 1.165) is 16.8 Å². The van der Waals surface area contributed by atoms with Crippen LogP contribution in [-0.4, -0.2) is 36.9 Å². The molecular formula is C27H33N3O3. The third kappa shape index (κ3) is 5.83. The first-order valence-corrected chi connectivity index (χ1v) is 11.2. The summed E-state index contributed by atoms with van der Waals surface area (Å²) in [5, 5.41) is 2.89. The van der Waals surface area contributed by atoms with Gasteiger partial charge in [-0.3, -0.25) is 9.59 Å². The van der Waals surface area contributed by atoms with Gasteiger partial charge in [-0.1, -0.05) is 31.5 Å². The molecule has 0 spiro atoms. The van der Waals surface area contributed by atoms with Crippen molar-refractivity contribution in [1.29, 1.82) is 0 Å². The van der Waals surface area contributed by atoms with Crippen molar-refractivity contribution in [2.75, 3.05) is 24.3 Å². The molecule has 6 heteroatoms. The second kappa shape index (κ2) is 10.4. The van der Waals surface area contributed by atoms with Crippen LogP contribution in [0.5, 0.6) is 0 Å².